The van der Waals surface area contributed by atoms with Crippen LogP contribution in [0.5, 0.6) is 11.5 Å². The Kier molecular flexibility index (Phi) is 9.02. The molecule has 0 aliphatic rings. The molecule has 166 valence electrons. The number of nitrogens with one attached hydrogen (secondary N) is 2. The first-order chi connectivity index (χ1) is 14.3. The molecule has 1 atom stereocenters. The van der Waals surface area contributed by atoms with E-state index in [0.29, 0.717) is 25.5 Å². The summed E-state index contributed by atoms with van der Waals surface area (Å²) in [6.45, 7) is 14.6. The molecule has 2 aromatic rings. The van der Waals surface area contributed by atoms with Crippen molar-refractivity contribution in [2.75, 3.05) is 19.8 Å². The van der Waals surface area contributed by atoms with Crippen molar-refractivity contribution in [3.8, 4) is 11.5 Å². The number of aryl methyl sites for hydroxylation is 3. The van der Waals surface area contributed by atoms with Gasteiger partial charge in [-0.3, -0.25) is 4.68 Å². The van der Waals surface area contributed by atoms with E-state index in [1.165, 1.54) is 0 Å². The first-order valence-electron chi connectivity index (χ1n) is 10.8. The van der Waals surface area contributed by atoms with Crippen LogP contribution in [-0.4, -0.2) is 35.6 Å². The molecule has 0 radical (unpaired) electrons. The van der Waals surface area contributed by atoms with Crippen molar-refractivity contribution in [1.82, 2.24) is 20.4 Å². The molecule has 0 bridgehead atoms. The van der Waals surface area contributed by atoms with E-state index in [2.05, 4.69) is 35.6 Å². The number of hydrogen-bond donors (Lipinski definition) is 2. The predicted octanol–water partition coefficient (Wildman–Crippen LogP) is 4.38. The summed E-state index contributed by atoms with van der Waals surface area (Å²) in [6.07, 6.45) is 0.819. The second-order valence-corrected chi connectivity index (χ2v) is 7.70. The van der Waals surface area contributed by atoms with Gasteiger partial charge in [0.15, 0.2) is 11.5 Å². The minimum atomic E-state index is -0.172. The molecule has 1 heterocycles. The number of carbonyl (C=O) groups excluding carboxylic acids is 1. The van der Waals surface area contributed by atoms with Crippen LogP contribution in [0.1, 0.15) is 57.1 Å². The van der Waals surface area contributed by atoms with Gasteiger partial charge in [0.2, 0.25) is 0 Å². The molecule has 0 saturated heterocycles. The van der Waals surface area contributed by atoms with Gasteiger partial charge in [-0.05, 0) is 63.8 Å². The minimum Gasteiger partial charge on any atom is -0.490 e. The van der Waals surface area contributed by atoms with Crippen LogP contribution in [-0.2, 0) is 6.54 Å². The van der Waals surface area contributed by atoms with Gasteiger partial charge in [-0.2, -0.15) is 5.10 Å². The van der Waals surface area contributed by atoms with E-state index in [4.69, 9.17) is 9.47 Å². The van der Waals surface area contributed by atoms with Crippen LogP contribution in [0.25, 0.3) is 0 Å². The lowest BCUT2D eigenvalue weighted by Gasteiger charge is -2.24. The monoisotopic (exact) mass is 416 g/mol. The number of hydrogen-bond acceptors (Lipinski definition) is 4. The van der Waals surface area contributed by atoms with E-state index in [0.717, 1.165) is 35.7 Å². The van der Waals surface area contributed by atoms with Gasteiger partial charge in [-0.25, -0.2) is 4.79 Å². The summed E-state index contributed by atoms with van der Waals surface area (Å²) in [4.78, 5) is 12.5. The van der Waals surface area contributed by atoms with Crippen LogP contribution in [0.3, 0.4) is 0 Å². The lowest BCUT2D eigenvalue weighted by molar-refractivity contribution is 0.232. The van der Waals surface area contributed by atoms with E-state index < -0.39 is 0 Å². The summed E-state index contributed by atoms with van der Waals surface area (Å²) >= 11 is 0. The van der Waals surface area contributed by atoms with Crippen LogP contribution in [0.4, 0.5) is 4.79 Å². The normalized spacial score (nSPS) is 12.0. The smallest absolute Gasteiger partial charge is 0.315 e. The van der Waals surface area contributed by atoms with Crippen molar-refractivity contribution in [2.45, 2.75) is 60.5 Å². The zero-order chi connectivity index (χ0) is 22.1. The van der Waals surface area contributed by atoms with Gasteiger partial charge in [0, 0.05) is 18.8 Å². The number of aromatic nitrogens is 2. The zero-order valence-corrected chi connectivity index (χ0v) is 19.1. The number of nitrogens with zero attached hydrogens (tertiary/aromatic N) is 2. The van der Waals surface area contributed by atoms with Crippen molar-refractivity contribution in [2.24, 2.45) is 5.92 Å². The van der Waals surface area contributed by atoms with Crippen molar-refractivity contribution in [3.63, 3.8) is 0 Å². The Bertz CT molecular complexity index is 817. The molecule has 7 heteroatoms. The molecule has 0 aliphatic heterocycles. The quantitative estimate of drug-likeness (QED) is 0.533. The number of carbonyl (C=O) groups is 1. The molecule has 2 amide bonds. The highest BCUT2D eigenvalue weighted by Gasteiger charge is 2.20. The number of rotatable bonds is 11. The number of amides is 2. The van der Waals surface area contributed by atoms with Crippen molar-refractivity contribution in [3.05, 3.63) is 41.2 Å². The Labute approximate surface area is 180 Å². The highest BCUT2D eigenvalue weighted by Crippen LogP contribution is 2.32. The fraction of sp³-hybridized carbons (Fsp3) is 0.565. The fourth-order valence-electron chi connectivity index (χ4n) is 3.42. The van der Waals surface area contributed by atoms with Gasteiger partial charge in [0.1, 0.15) is 0 Å². The zero-order valence-electron chi connectivity index (χ0n) is 19.1. The summed E-state index contributed by atoms with van der Waals surface area (Å²) < 4.78 is 13.4. The Morgan fingerprint density at radius 3 is 2.40 bits per heavy atom. The van der Waals surface area contributed by atoms with E-state index in [9.17, 15) is 4.79 Å². The lowest BCUT2D eigenvalue weighted by atomic mass is 9.96. The van der Waals surface area contributed by atoms with Gasteiger partial charge in [-0.15, -0.1) is 0 Å². The molecule has 1 aromatic carbocycles. The molecule has 2 rings (SSSR count). The molecule has 0 saturated carbocycles. The molecule has 1 aromatic heterocycles. The van der Waals surface area contributed by atoms with E-state index in [-0.39, 0.29) is 18.0 Å². The molecule has 0 unspecified atom stereocenters. The Morgan fingerprint density at radius 2 is 1.80 bits per heavy atom. The Morgan fingerprint density at radius 1 is 1.10 bits per heavy atom. The Hall–Kier alpha value is -2.70. The first kappa shape index (κ1) is 23.6. The molecule has 7 nitrogen and oxygen atoms in total. The minimum absolute atomic E-state index is 0.129. The highest BCUT2D eigenvalue weighted by molar-refractivity contribution is 5.74. The molecular weight excluding hydrogens is 380 g/mol. The van der Waals surface area contributed by atoms with Gasteiger partial charge in [0.05, 0.1) is 24.9 Å². The van der Waals surface area contributed by atoms with Crippen LogP contribution in [0.2, 0.25) is 0 Å². The maximum absolute atomic E-state index is 12.5. The second-order valence-electron chi connectivity index (χ2n) is 7.70. The number of urea groups is 1. The highest BCUT2D eigenvalue weighted by atomic mass is 16.5. The standard InChI is InChI=1S/C23H36N4O3/c1-7-29-20-11-10-19(15-21(20)30-8-2)22(16(3)4)25-23(28)24-12-9-13-27-18(6)14-17(5)26-27/h10-11,14-16,22H,7-9,12-13H2,1-6H3,(H2,24,25,28)/t22-/m1/s1. The summed E-state index contributed by atoms with van der Waals surface area (Å²) in [5.74, 6) is 1.65. The van der Waals surface area contributed by atoms with Crippen molar-refractivity contribution in [1.29, 1.82) is 0 Å². The van der Waals surface area contributed by atoms with Gasteiger partial charge >= 0.3 is 6.03 Å². The largest absolute Gasteiger partial charge is 0.490 e. The first-order valence-corrected chi connectivity index (χ1v) is 10.8. The molecular formula is C23H36N4O3. The van der Waals surface area contributed by atoms with E-state index >= 15 is 0 Å². The predicted molar refractivity (Wildman–Crippen MR) is 119 cm³/mol. The maximum Gasteiger partial charge on any atom is 0.315 e. The second kappa shape index (κ2) is 11.5. The van der Waals surface area contributed by atoms with Gasteiger partial charge < -0.3 is 20.1 Å². The molecule has 0 aliphatic carbocycles. The maximum atomic E-state index is 12.5. The van der Waals surface area contributed by atoms with E-state index in [1.807, 2.05) is 50.6 Å². The van der Waals surface area contributed by atoms with Crippen LogP contribution in [0.15, 0.2) is 24.3 Å². The topological polar surface area (TPSA) is 77.4 Å². The third kappa shape index (κ3) is 6.68. The van der Waals surface area contributed by atoms with Crippen LogP contribution < -0.4 is 20.1 Å². The number of benzene rings is 1. The van der Waals surface area contributed by atoms with Gasteiger partial charge in [0.25, 0.3) is 0 Å². The van der Waals surface area contributed by atoms with E-state index in [1.54, 1.807) is 0 Å². The lowest BCUT2D eigenvalue weighted by Crippen LogP contribution is -2.40. The SMILES string of the molecule is CCOc1ccc([C@H](NC(=O)NCCCn2nc(C)cc2C)C(C)C)cc1OCC. The summed E-state index contributed by atoms with van der Waals surface area (Å²) in [7, 11) is 0. The molecule has 2 N–H and O–H groups in total. The van der Waals surface area contributed by atoms with Crippen LogP contribution >= 0.6 is 0 Å². The summed E-state index contributed by atoms with van der Waals surface area (Å²) in [6, 6.07) is 7.61. The molecule has 0 spiro atoms. The van der Waals surface area contributed by atoms with Crippen molar-refractivity contribution >= 4 is 6.03 Å². The summed E-state index contributed by atoms with van der Waals surface area (Å²) in [5, 5.41) is 10.5. The summed E-state index contributed by atoms with van der Waals surface area (Å²) in [5.41, 5.74) is 3.15. The molecule has 0 fully saturated rings. The average molecular weight is 417 g/mol. The third-order valence-electron chi connectivity index (χ3n) is 4.82. The molecule has 30 heavy (non-hydrogen) atoms. The number of ether oxygens (including phenoxy) is 2. The third-order valence-corrected chi connectivity index (χ3v) is 4.82. The Balaban J connectivity index is 1.95. The van der Waals surface area contributed by atoms with Gasteiger partial charge in [-0.1, -0.05) is 19.9 Å². The fourth-order valence-corrected chi connectivity index (χ4v) is 3.42. The average Bonchev–Trinajstić information content (AvgIpc) is 3.02. The van der Waals surface area contributed by atoms with Crippen LogP contribution in [0, 0.1) is 19.8 Å². The van der Waals surface area contributed by atoms with Crippen molar-refractivity contribution < 1.29 is 14.3 Å².